The van der Waals surface area contributed by atoms with Gasteiger partial charge in [-0.1, -0.05) is 0 Å². The van der Waals surface area contributed by atoms with E-state index in [9.17, 15) is 4.79 Å². The minimum atomic E-state index is 0.568. The monoisotopic (exact) mass is 234 g/mol. The summed E-state index contributed by atoms with van der Waals surface area (Å²) >= 11 is 0. The van der Waals surface area contributed by atoms with E-state index in [1.54, 1.807) is 31.5 Å². The predicted molar refractivity (Wildman–Crippen MR) is 64.6 cm³/mol. The average molecular weight is 234 g/mol. The Balaban J connectivity index is 2.53. The molecule has 17 heavy (non-hydrogen) atoms. The molecule has 0 saturated carbocycles. The largest absolute Gasteiger partial charge is 0.383 e. The van der Waals surface area contributed by atoms with Gasteiger partial charge in [0, 0.05) is 30.8 Å². The fraction of sp³-hybridized carbons (Fsp3) is 0.250. The van der Waals surface area contributed by atoms with Crippen LogP contribution in [0.4, 0.5) is 5.69 Å². The Kier molecular flexibility index (Phi) is 3.41. The van der Waals surface area contributed by atoms with Crippen molar-refractivity contribution in [1.29, 1.82) is 0 Å². The van der Waals surface area contributed by atoms with E-state index in [4.69, 9.17) is 9.94 Å². The second-order valence-electron chi connectivity index (χ2n) is 3.73. The molecule has 0 fully saturated rings. The van der Waals surface area contributed by atoms with E-state index in [1.807, 2.05) is 4.57 Å². The van der Waals surface area contributed by atoms with Crippen LogP contribution in [0.2, 0.25) is 0 Å². The molecule has 0 atom stereocenters. The summed E-state index contributed by atoms with van der Waals surface area (Å²) in [5.41, 5.74) is 4.22. The highest BCUT2D eigenvalue weighted by atomic mass is 16.5. The molecule has 0 amide bonds. The first-order valence-corrected chi connectivity index (χ1v) is 5.27. The molecule has 2 rings (SSSR count). The van der Waals surface area contributed by atoms with Gasteiger partial charge < -0.3 is 9.30 Å². The van der Waals surface area contributed by atoms with E-state index in [0.29, 0.717) is 24.4 Å². The van der Waals surface area contributed by atoms with E-state index >= 15 is 0 Å². The van der Waals surface area contributed by atoms with Gasteiger partial charge in [0.05, 0.1) is 17.8 Å². The number of fused-ring (bicyclic) bond motifs is 1. The molecule has 0 aliphatic heterocycles. The van der Waals surface area contributed by atoms with Crippen molar-refractivity contribution in [3.05, 3.63) is 30.0 Å². The van der Waals surface area contributed by atoms with Crippen LogP contribution in [0.1, 0.15) is 10.4 Å². The van der Waals surface area contributed by atoms with Crippen LogP contribution in [0, 0.1) is 0 Å². The van der Waals surface area contributed by atoms with E-state index in [0.717, 1.165) is 17.2 Å². The Morgan fingerprint density at radius 1 is 1.53 bits per heavy atom. The lowest BCUT2D eigenvalue weighted by Crippen LogP contribution is -2.02. The van der Waals surface area contributed by atoms with Gasteiger partial charge in [-0.05, 0) is 18.2 Å². The molecule has 1 heterocycles. The number of nitrogens with one attached hydrogen (secondary N) is 1. The lowest BCUT2D eigenvalue weighted by molar-refractivity contribution is 0.112. The Labute approximate surface area is 98.6 Å². The third kappa shape index (κ3) is 2.15. The molecule has 0 aliphatic carbocycles. The lowest BCUT2D eigenvalue weighted by atomic mass is 10.2. The zero-order valence-corrected chi connectivity index (χ0v) is 9.51. The number of anilines is 1. The van der Waals surface area contributed by atoms with Crippen molar-refractivity contribution in [2.45, 2.75) is 6.54 Å². The summed E-state index contributed by atoms with van der Waals surface area (Å²) in [6, 6.07) is 5.31. The maximum absolute atomic E-state index is 11.0. The maximum atomic E-state index is 11.0. The van der Waals surface area contributed by atoms with Gasteiger partial charge >= 0.3 is 0 Å². The third-order valence-electron chi connectivity index (χ3n) is 2.71. The van der Waals surface area contributed by atoms with Crippen LogP contribution < -0.4 is 5.48 Å². The minimum absolute atomic E-state index is 0.568. The van der Waals surface area contributed by atoms with Gasteiger partial charge in [-0.2, -0.15) is 0 Å². The Hall–Kier alpha value is -1.85. The van der Waals surface area contributed by atoms with Crippen molar-refractivity contribution >= 4 is 22.9 Å². The van der Waals surface area contributed by atoms with Crippen LogP contribution >= 0.6 is 0 Å². The topological polar surface area (TPSA) is 63.5 Å². The van der Waals surface area contributed by atoms with E-state index < -0.39 is 0 Å². The number of aldehydes is 1. The van der Waals surface area contributed by atoms with E-state index in [2.05, 4.69) is 5.48 Å². The van der Waals surface area contributed by atoms with Crippen molar-refractivity contribution in [2.75, 3.05) is 19.2 Å². The summed E-state index contributed by atoms with van der Waals surface area (Å²) in [4.78, 5) is 11.0. The fourth-order valence-electron chi connectivity index (χ4n) is 1.86. The van der Waals surface area contributed by atoms with Crippen LogP contribution in [-0.2, 0) is 11.3 Å². The van der Waals surface area contributed by atoms with Crippen molar-refractivity contribution in [3.63, 3.8) is 0 Å². The molecule has 90 valence electrons. The predicted octanol–water partition coefficient (Wildman–Crippen LogP) is 1.90. The van der Waals surface area contributed by atoms with Gasteiger partial charge in [0.15, 0.2) is 6.29 Å². The number of hydrogen-bond donors (Lipinski definition) is 2. The molecule has 1 aromatic carbocycles. The van der Waals surface area contributed by atoms with Gasteiger partial charge in [0.2, 0.25) is 0 Å². The molecule has 0 aliphatic rings. The summed E-state index contributed by atoms with van der Waals surface area (Å²) in [5.74, 6) is 0. The van der Waals surface area contributed by atoms with Crippen LogP contribution in [0.5, 0.6) is 0 Å². The summed E-state index contributed by atoms with van der Waals surface area (Å²) in [7, 11) is 1.63. The Morgan fingerprint density at radius 3 is 3.00 bits per heavy atom. The number of ether oxygens (including phenoxy) is 1. The number of nitrogens with zero attached hydrogens (tertiary/aromatic N) is 1. The van der Waals surface area contributed by atoms with Gasteiger partial charge in [-0.25, -0.2) is 0 Å². The van der Waals surface area contributed by atoms with Crippen molar-refractivity contribution in [1.82, 2.24) is 4.57 Å². The molecule has 0 radical (unpaired) electrons. The summed E-state index contributed by atoms with van der Waals surface area (Å²) in [5, 5.41) is 9.74. The molecule has 2 N–H and O–H groups in total. The second-order valence-corrected chi connectivity index (χ2v) is 3.73. The highest BCUT2D eigenvalue weighted by Crippen LogP contribution is 2.23. The molecule has 0 bridgehead atoms. The Bertz CT molecular complexity index is 534. The zero-order valence-electron chi connectivity index (χ0n) is 9.51. The van der Waals surface area contributed by atoms with Gasteiger partial charge in [-0.3, -0.25) is 15.5 Å². The molecule has 0 saturated heterocycles. The number of methoxy groups -OCH3 is 1. The average Bonchev–Trinajstić information content (AvgIpc) is 2.73. The van der Waals surface area contributed by atoms with Crippen molar-refractivity contribution < 1.29 is 14.7 Å². The summed E-state index contributed by atoms with van der Waals surface area (Å²) < 4.78 is 6.95. The van der Waals surface area contributed by atoms with Crippen LogP contribution in [0.3, 0.4) is 0 Å². The molecule has 2 aromatic rings. The molecule has 0 spiro atoms. The lowest BCUT2D eigenvalue weighted by Gasteiger charge is -2.05. The first-order valence-electron chi connectivity index (χ1n) is 5.27. The van der Waals surface area contributed by atoms with Gasteiger partial charge in [0.25, 0.3) is 0 Å². The third-order valence-corrected chi connectivity index (χ3v) is 2.71. The number of hydrogen-bond acceptors (Lipinski definition) is 4. The standard InChI is InChI=1S/C12H14N2O3/c1-17-5-4-14-7-9(8-15)11-3-2-10(13-16)6-12(11)14/h2-3,6-8,13,16H,4-5H2,1H3. The van der Waals surface area contributed by atoms with Gasteiger partial charge in [-0.15, -0.1) is 0 Å². The fourth-order valence-corrected chi connectivity index (χ4v) is 1.86. The molecular weight excluding hydrogens is 220 g/mol. The van der Waals surface area contributed by atoms with Crippen LogP contribution in [-0.4, -0.2) is 29.8 Å². The highest BCUT2D eigenvalue weighted by molar-refractivity contribution is 5.98. The Morgan fingerprint density at radius 2 is 2.35 bits per heavy atom. The molecule has 5 heteroatoms. The number of carbonyl (C=O) groups is 1. The first kappa shape index (κ1) is 11.6. The quantitative estimate of drug-likeness (QED) is 0.612. The van der Waals surface area contributed by atoms with E-state index in [-0.39, 0.29) is 0 Å². The molecule has 0 unspecified atom stereocenters. The number of aromatic nitrogens is 1. The van der Waals surface area contributed by atoms with Crippen molar-refractivity contribution in [3.8, 4) is 0 Å². The normalized spacial score (nSPS) is 10.7. The highest BCUT2D eigenvalue weighted by Gasteiger charge is 2.08. The molecule has 1 aromatic heterocycles. The second kappa shape index (κ2) is 4.99. The summed E-state index contributed by atoms with van der Waals surface area (Å²) in [6.45, 7) is 1.23. The number of carbonyl (C=O) groups excluding carboxylic acids is 1. The van der Waals surface area contributed by atoms with Gasteiger partial charge in [0.1, 0.15) is 0 Å². The number of benzene rings is 1. The molecule has 5 nitrogen and oxygen atoms in total. The van der Waals surface area contributed by atoms with E-state index in [1.165, 1.54) is 0 Å². The SMILES string of the molecule is COCCn1cc(C=O)c2ccc(NO)cc21. The first-order chi connectivity index (χ1) is 8.30. The summed E-state index contributed by atoms with van der Waals surface area (Å²) in [6.07, 6.45) is 2.62. The molecular formula is C12H14N2O3. The number of rotatable bonds is 5. The maximum Gasteiger partial charge on any atom is 0.152 e. The smallest absolute Gasteiger partial charge is 0.152 e. The van der Waals surface area contributed by atoms with Crippen LogP contribution in [0.25, 0.3) is 10.9 Å². The zero-order chi connectivity index (χ0) is 12.3. The van der Waals surface area contributed by atoms with Crippen LogP contribution in [0.15, 0.2) is 24.4 Å². The van der Waals surface area contributed by atoms with Crippen molar-refractivity contribution in [2.24, 2.45) is 0 Å². The minimum Gasteiger partial charge on any atom is -0.383 e.